The van der Waals surface area contributed by atoms with Gasteiger partial charge in [-0.2, -0.15) is 5.10 Å². The van der Waals surface area contributed by atoms with Crippen LogP contribution in [0.1, 0.15) is 23.0 Å². The number of benzene rings is 2. The van der Waals surface area contributed by atoms with E-state index < -0.39 is 0 Å². The molecule has 1 aromatic heterocycles. The van der Waals surface area contributed by atoms with E-state index in [4.69, 9.17) is 4.74 Å². The van der Waals surface area contributed by atoms with E-state index >= 15 is 0 Å². The SMILES string of the molecule is COCc1c(C(=O)N2CC(C)CN(C)c3ccccc32)cnn1-c1ccccc1. The Morgan fingerprint density at radius 2 is 1.76 bits per heavy atom. The van der Waals surface area contributed by atoms with Crippen molar-refractivity contribution in [1.29, 1.82) is 0 Å². The van der Waals surface area contributed by atoms with Crippen molar-refractivity contribution in [2.24, 2.45) is 5.92 Å². The van der Waals surface area contributed by atoms with Crippen LogP contribution in [0.3, 0.4) is 0 Å². The standard InChI is InChI=1S/C23H26N4O2/c1-17-14-25(2)20-11-7-8-12-21(20)26(15-17)23(28)19-13-24-27(22(19)16-29-3)18-9-5-4-6-10-18/h4-13,17H,14-16H2,1-3H3. The highest BCUT2D eigenvalue weighted by Crippen LogP contribution is 2.34. The molecule has 4 rings (SSSR count). The van der Waals surface area contributed by atoms with E-state index in [-0.39, 0.29) is 5.91 Å². The third-order valence-electron chi connectivity index (χ3n) is 5.29. The summed E-state index contributed by atoms with van der Waals surface area (Å²) in [6.07, 6.45) is 1.66. The first-order valence-electron chi connectivity index (χ1n) is 9.83. The predicted octanol–water partition coefficient (Wildman–Crippen LogP) is 3.75. The topological polar surface area (TPSA) is 50.6 Å². The summed E-state index contributed by atoms with van der Waals surface area (Å²) in [5.74, 6) is 0.292. The zero-order chi connectivity index (χ0) is 20.4. The number of hydrogen-bond donors (Lipinski definition) is 0. The molecule has 2 aromatic carbocycles. The van der Waals surface area contributed by atoms with Crippen LogP contribution >= 0.6 is 0 Å². The second-order valence-corrected chi connectivity index (χ2v) is 7.58. The van der Waals surface area contributed by atoms with E-state index in [1.165, 1.54) is 0 Å². The number of anilines is 2. The van der Waals surface area contributed by atoms with Crippen molar-refractivity contribution < 1.29 is 9.53 Å². The summed E-state index contributed by atoms with van der Waals surface area (Å²) in [4.78, 5) is 17.8. The van der Waals surface area contributed by atoms with Crippen molar-refractivity contribution in [2.75, 3.05) is 37.0 Å². The summed E-state index contributed by atoms with van der Waals surface area (Å²) in [6, 6.07) is 17.9. The molecule has 0 radical (unpaired) electrons. The van der Waals surface area contributed by atoms with Gasteiger partial charge in [-0.25, -0.2) is 4.68 Å². The molecular weight excluding hydrogens is 364 g/mol. The molecular formula is C23H26N4O2. The molecule has 0 N–H and O–H groups in total. The van der Waals surface area contributed by atoms with Crippen molar-refractivity contribution in [2.45, 2.75) is 13.5 Å². The third kappa shape index (κ3) is 3.63. The molecule has 1 unspecified atom stereocenters. The molecule has 1 aliphatic heterocycles. The van der Waals surface area contributed by atoms with Crippen LogP contribution < -0.4 is 9.80 Å². The number of aromatic nitrogens is 2. The maximum Gasteiger partial charge on any atom is 0.261 e. The normalized spacial score (nSPS) is 16.4. The van der Waals surface area contributed by atoms with Crippen molar-refractivity contribution in [3.05, 3.63) is 72.1 Å². The Labute approximate surface area is 171 Å². The fourth-order valence-electron chi connectivity index (χ4n) is 4.01. The Morgan fingerprint density at radius 1 is 1.07 bits per heavy atom. The number of methoxy groups -OCH3 is 1. The Balaban J connectivity index is 1.78. The number of nitrogens with zero attached hydrogens (tertiary/aromatic N) is 4. The van der Waals surface area contributed by atoms with Gasteiger partial charge in [-0.05, 0) is 30.2 Å². The van der Waals surface area contributed by atoms with Gasteiger partial charge in [0.1, 0.15) is 0 Å². The molecule has 1 amide bonds. The van der Waals surface area contributed by atoms with Gasteiger partial charge < -0.3 is 14.5 Å². The van der Waals surface area contributed by atoms with Gasteiger partial charge in [0.25, 0.3) is 5.91 Å². The maximum atomic E-state index is 13.7. The molecule has 0 fully saturated rings. The number of fused-ring (bicyclic) bond motifs is 1. The minimum Gasteiger partial charge on any atom is -0.378 e. The zero-order valence-corrected chi connectivity index (χ0v) is 17.1. The maximum absolute atomic E-state index is 13.7. The van der Waals surface area contributed by atoms with Crippen molar-refractivity contribution >= 4 is 17.3 Å². The number of hydrogen-bond acceptors (Lipinski definition) is 4. The van der Waals surface area contributed by atoms with Crippen molar-refractivity contribution in [1.82, 2.24) is 9.78 Å². The average Bonchev–Trinajstić information content (AvgIpc) is 3.10. The van der Waals surface area contributed by atoms with Crippen LogP contribution in [0.25, 0.3) is 5.69 Å². The largest absolute Gasteiger partial charge is 0.378 e. The molecule has 6 heteroatoms. The zero-order valence-electron chi connectivity index (χ0n) is 17.1. The lowest BCUT2D eigenvalue weighted by Gasteiger charge is -2.24. The van der Waals surface area contributed by atoms with Gasteiger partial charge in [0.2, 0.25) is 0 Å². The van der Waals surface area contributed by atoms with Gasteiger partial charge in [-0.3, -0.25) is 4.79 Å². The van der Waals surface area contributed by atoms with E-state index in [9.17, 15) is 4.79 Å². The van der Waals surface area contributed by atoms with Gasteiger partial charge in [0, 0.05) is 27.2 Å². The van der Waals surface area contributed by atoms with Gasteiger partial charge in [0.15, 0.2) is 0 Å². The lowest BCUT2D eigenvalue weighted by molar-refractivity contribution is 0.0979. The predicted molar refractivity (Wildman–Crippen MR) is 115 cm³/mol. The lowest BCUT2D eigenvalue weighted by atomic mass is 10.1. The number of ether oxygens (including phenoxy) is 1. The summed E-state index contributed by atoms with van der Waals surface area (Å²) < 4.78 is 7.21. The van der Waals surface area contributed by atoms with Crippen LogP contribution in [0.15, 0.2) is 60.8 Å². The van der Waals surface area contributed by atoms with Gasteiger partial charge >= 0.3 is 0 Å². The smallest absolute Gasteiger partial charge is 0.261 e. The summed E-state index contributed by atoms with van der Waals surface area (Å²) >= 11 is 0. The molecule has 2 heterocycles. The van der Waals surface area contributed by atoms with Gasteiger partial charge in [-0.1, -0.05) is 37.3 Å². The highest BCUT2D eigenvalue weighted by Gasteiger charge is 2.30. The molecule has 150 valence electrons. The molecule has 1 atom stereocenters. The average molecular weight is 390 g/mol. The molecule has 0 bridgehead atoms. The Morgan fingerprint density at radius 3 is 2.48 bits per heavy atom. The first kappa shape index (κ1) is 19.2. The van der Waals surface area contributed by atoms with E-state index in [0.717, 1.165) is 29.3 Å². The summed E-state index contributed by atoms with van der Waals surface area (Å²) in [7, 11) is 3.71. The van der Waals surface area contributed by atoms with Crippen LogP contribution in [-0.4, -0.2) is 42.9 Å². The number of rotatable bonds is 4. The van der Waals surface area contributed by atoms with Gasteiger partial charge in [0.05, 0.1) is 41.1 Å². The quantitative estimate of drug-likeness (QED) is 0.681. The van der Waals surface area contributed by atoms with Gasteiger partial charge in [-0.15, -0.1) is 0 Å². The molecule has 0 aliphatic carbocycles. The Kier molecular flexibility index (Phi) is 5.36. The van der Waals surface area contributed by atoms with Crippen molar-refractivity contribution in [3.63, 3.8) is 0 Å². The van der Waals surface area contributed by atoms with E-state index in [0.29, 0.717) is 24.6 Å². The van der Waals surface area contributed by atoms with Crippen LogP contribution in [0.5, 0.6) is 0 Å². The van der Waals surface area contributed by atoms with Crippen LogP contribution in [0.4, 0.5) is 11.4 Å². The van der Waals surface area contributed by atoms with E-state index in [2.05, 4.69) is 30.0 Å². The fraction of sp³-hybridized carbons (Fsp3) is 0.304. The molecule has 6 nitrogen and oxygen atoms in total. The molecule has 29 heavy (non-hydrogen) atoms. The number of para-hydroxylation sites is 3. The number of carbonyl (C=O) groups excluding carboxylic acids is 1. The first-order chi connectivity index (χ1) is 14.1. The van der Waals surface area contributed by atoms with Crippen LogP contribution in [0.2, 0.25) is 0 Å². The second kappa shape index (κ2) is 8.09. The minimum absolute atomic E-state index is 0.0474. The summed E-state index contributed by atoms with van der Waals surface area (Å²) in [6.45, 7) is 4.03. The van der Waals surface area contributed by atoms with Crippen LogP contribution in [0, 0.1) is 5.92 Å². The minimum atomic E-state index is -0.0474. The Bertz CT molecular complexity index is 999. The number of amides is 1. The molecule has 3 aromatic rings. The monoisotopic (exact) mass is 390 g/mol. The fourth-order valence-corrected chi connectivity index (χ4v) is 4.01. The Hall–Kier alpha value is -3.12. The van der Waals surface area contributed by atoms with E-state index in [1.54, 1.807) is 18.0 Å². The summed E-state index contributed by atoms with van der Waals surface area (Å²) in [5, 5.41) is 4.51. The lowest BCUT2D eigenvalue weighted by Crippen LogP contribution is -2.35. The highest BCUT2D eigenvalue weighted by atomic mass is 16.5. The van der Waals surface area contributed by atoms with Crippen LogP contribution in [-0.2, 0) is 11.3 Å². The molecule has 1 aliphatic rings. The third-order valence-corrected chi connectivity index (χ3v) is 5.29. The number of carbonyl (C=O) groups is 1. The molecule has 0 saturated heterocycles. The highest BCUT2D eigenvalue weighted by molar-refractivity contribution is 6.08. The van der Waals surface area contributed by atoms with Crippen molar-refractivity contribution in [3.8, 4) is 5.69 Å². The molecule has 0 saturated carbocycles. The molecule has 0 spiro atoms. The second-order valence-electron chi connectivity index (χ2n) is 7.58. The first-order valence-corrected chi connectivity index (χ1v) is 9.83. The summed E-state index contributed by atoms with van der Waals surface area (Å²) in [5.41, 5.74) is 4.23. The van der Waals surface area contributed by atoms with E-state index in [1.807, 2.05) is 53.4 Å².